The lowest BCUT2D eigenvalue weighted by atomic mass is 10.1. The maximum absolute atomic E-state index is 13.9. The molecule has 1 heterocycles. The van der Waals surface area contributed by atoms with Crippen LogP contribution < -0.4 is 9.79 Å². The van der Waals surface area contributed by atoms with Crippen molar-refractivity contribution in [2.24, 2.45) is 0 Å². The average Bonchev–Trinajstić information content (AvgIpc) is 2.94. The molecule has 0 aliphatic carbocycles. The minimum Gasteiger partial charge on any atom is -0.539 e. The summed E-state index contributed by atoms with van der Waals surface area (Å²) in [5, 5.41) is 15.0. The second-order valence-corrected chi connectivity index (χ2v) is 4.40. The van der Waals surface area contributed by atoms with E-state index in [0.717, 1.165) is 0 Å². The van der Waals surface area contributed by atoms with Crippen molar-refractivity contribution in [3.8, 4) is 22.9 Å². The van der Waals surface area contributed by atoms with Crippen molar-refractivity contribution < 1.29 is 36.3 Å². The van der Waals surface area contributed by atoms with Crippen molar-refractivity contribution in [2.75, 3.05) is 0 Å². The molecule has 23 heavy (non-hydrogen) atoms. The van der Waals surface area contributed by atoms with E-state index >= 15 is 0 Å². The lowest BCUT2D eigenvalue weighted by Gasteiger charge is -2.05. The van der Waals surface area contributed by atoms with Crippen LogP contribution in [0.3, 0.4) is 0 Å². The van der Waals surface area contributed by atoms with Crippen LogP contribution >= 0.6 is 0 Å². The minimum absolute atomic E-state index is 0.136. The van der Waals surface area contributed by atoms with Gasteiger partial charge in [-0.15, -0.1) is 0 Å². The summed E-state index contributed by atoms with van der Waals surface area (Å²) < 4.78 is 72.5. The van der Waals surface area contributed by atoms with Crippen molar-refractivity contribution in [1.29, 1.82) is 0 Å². The number of hydrogen-bond acceptors (Lipinski definition) is 3. The number of rotatable bonds is 2. The van der Waals surface area contributed by atoms with E-state index in [4.69, 9.17) is 0 Å². The zero-order valence-electron chi connectivity index (χ0n) is 11.0. The summed E-state index contributed by atoms with van der Waals surface area (Å²) >= 11 is 0. The van der Waals surface area contributed by atoms with E-state index in [1.54, 1.807) is 6.07 Å². The maximum Gasteiger partial charge on any atom is 0.276 e. The van der Waals surface area contributed by atoms with Crippen molar-refractivity contribution in [3.63, 3.8) is 0 Å². The smallest absolute Gasteiger partial charge is 0.276 e. The largest absolute Gasteiger partial charge is 0.539 e. The Bertz CT molecular complexity index is 867. The quantitative estimate of drug-likeness (QED) is 0.314. The summed E-state index contributed by atoms with van der Waals surface area (Å²) in [6.45, 7) is 0. The molecule has 0 N–H and O–H groups in total. The normalized spacial score (nSPS) is 11.0. The molecule has 0 saturated carbocycles. The molecule has 0 aliphatic rings. The predicted octanol–water partition coefficient (Wildman–Crippen LogP) is 2.39. The van der Waals surface area contributed by atoms with Gasteiger partial charge in [0.15, 0.2) is 29.2 Å². The first kappa shape index (κ1) is 14.9. The summed E-state index contributed by atoms with van der Waals surface area (Å²) in [7, 11) is 0. The Morgan fingerprint density at radius 2 is 1.35 bits per heavy atom. The van der Waals surface area contributed by atoms with Crippen LogP contribution in [0.4, 0.5) is 22.0 Å². The van der Waals surface area contributed by atoms with E-state index in [0.29, 0.717) is 4.68 Å². The number of halogens is 5. The van der Waals surface area contributed by atoms with Crippen molar-refractivity contribution in [1.82, 2.24) is 5.27 Å². The standard InChI is InChI=1S/C14H5F5N2O2/c15-8-7(9(16)11(18)12(19)10(8)17)13-14(22)23-20-21(13)6-4-2-1-3-5-6/h1-5H. The molecule has 3 aromatic rings. The molecule has 118 valence electrons. The second kappa shape index (κ2) is 5.34. The Morgan fingerprint density at radius 3 is 1.91 bits per heavy atom. The van der Waals surface area contributed by atoms with E-state index in [-0.39, 0.29) is 5.69 Å². The molecule has 0 bridgehead atoms. The van der Waals surface area contributed by atoms with Gasteiger partial charge in [-0.3, -0.25) is 0 Å². The van der Waals surface area contributed by atoms with Gasteiger partial charge < -0.3 is 9.63 Å². The monoisotopic (exact) mass is 328 g/mol. The fraction of sp³-hybridized carbons (Fsp3) is 0. The van der Waals surface area contributed by atoms with Gasteiger partial charge in [0.2, 0.25) is 11.5 Å². The van der Waals surface area contributed by atoms with Gasteiger partial charge in [-0.25, -0.2) is 22.0 Å². The molecule has 0 saturated heterocycles. The highest BCUT2D eigenvalue weighted by molar-refractivity contribution is 5.62. The van der Waals surface area contributed by atoms with Gasteiger partial charge in [-0.05, 0) is 4.68 Å². The minimum atomic E-state index is -2.32. The lowest BCUT2D eigenvalue weighted by molar-refractivity contribution is -0.660. The average molecular weight is 328 g/mol. The van der Waals surface area contributed by atoms with Crippen LogP contribution in [0, 0.1) is 29.1 Å². The molecule has 2 aromatic carbocycles. The Labute approximate surface area is 125 Å². The third-order valence-electron chi connectivity index (χ3n) is 3.06. The first-order valence-electron chi connectivity index (χ1n) is 6.09. The molecule has 3 rings (SSSR count). The van der Waals surface area contributed by atoms with Gasteiger partial charge in [0, 0.05) is 12.1 Å². The fourth-order valence-corrected chi connectivity index (χ4v) is 2.01. The summed E-state index contributed by atoms with van der Waals surface area (Å²) in [5.74, 6) is -12.3. The maximum atomic E-state index is 13.9. The van der Waals surface area contributed by atoms with Gasteiger partial charge in [0.05, 0.1) is 5.27 Å². The van der Waals surface area contributed by atoms with Gasteiger partial charge in [-0.1, -0.05) is 18.2 Å². The zero-order chi connectivity index (χ0) is 16.7. The van der Waals surface area contributed by atoms with E-state index in [1.165, 1.54) is 24.3 Å². The number of para-hydroxylation sites is 1. The molecule has 0 amide bonds. The summed E-state index contributed by atoms with van der Waals surface area (Å²) in [6.07, 6.45) is 0. The summed E-state index contributed by atoms with van der Waals surface area (Å²) in [6, 6.07) is 7.45. The van der Waals surface area contributed by atoms with Crippen molar-refractivity contribution in [2.45, 2.75) is 0 Å². The molecule has 0 unspecified atom stereocenters. The third-order valence-corrected chi connectivity index (χ3v) is 3.06. The van der Waals surface area contributed by atoms with Gasteiger partial charge >= 0.3 is 0 Å². The summed E-state index contributed by atoms with van der Waals surface area (Å²) in [4.78, 5) is 0. The van der Waals surface area contributed by atoms with Gasteiger partial charge in [0.1, 0.15) is 5.56 Å². The molecule has 4 nitrogen and oxygen atoms in total. The van der Waals surface area contributed by atoms with E-state index in [9.17, 15) is 27.1 Å². The highest BCUT2D eigenvalue weighted by atomic mass is 19.2. The fourth-order valence-electron chi connectivity index (χ4n) is 2.01. The Hall–Kier alpha value is -2.97. The number of hydrogen-bond donors (Lipinski definition) is 0. The highest BCUT2D eigenvalue weighted by Crippen LogP contribution is 2.33. The number of nitrogens with zero attached hydrogens (tertiary/aromatic N) is 2. The molecule has 0 fully saturated rings. The zero-order valence-corrected chi connectivity index (χ0v) is 11.0. The van der Waals surface area contributed by atoms with Crippen molar-refractivity contribution >= 4 is 0 Å². The first-order chi connectivity index (χ1) is 10.9. The molecule has 0 aliphatic heterocycles. The van der Waals surface area contributed by atoms with Crippen LogP contribution in [-0.2, 0) is 0 Å². The van der Waals surface area contributed by atoms with Crippen molar-refractivity contribution in [3.05, 3.63) is 59.4 Å². The predicted molar refractivity (Wildman–Crippen MR) is 62.7 cm³/mol. The highest BCUT2D eigenvalue weighted by Gasteiger charge is 2.34. The second-order valence-electron chi connectivity index (χ2n) is 4.40. The third kappa shape index (κ3) is 2.20. The Morgan fingerprint density at radius 1 is 0.826 bits per heavy atom. The molecule has 0 atom stereocenters. The van der Waals surface area contributed by atoms with Gasteiger partial charge in [-0.2, -0.15) is 0 Å². The topological polar surface area (TPSA) is 53.0 Å². The van der Waals surface area contributed by atoms with E-state index < -0.39 is 46.3 Å². The lowest BCUT2D eigenvalue weighted by Crippen LogP contribution is -2.35. The van der Waals surface area contributed by atoms with Crippen LogP contribution in [0.5, 0.6) is 5.95 Å². The molecule has 1 aromatic heterocycles. The number of aromatic nitrogens is 2. The van der Waals surface area contributed by atoms with E-state index in [2.05, 4.69) is 9.79 Å². The first-order valence-corrected chi connectivity index (χ1v) is 6.09. The molecule has 0 spiro atoms. The Balaban J connectivity index is 2.36. The van der Waals surface area contributed by atoms with Crippen LogP contribution in [0.1, 0.15) is 0 Å². The van der Waals surface area contributed by atoms with Crippen LogP contribution in [0.15, 0.2) is 34.9 Å². The molecular formula is C14H5F5N2O2. The SMILES string of the molecule is [O-]c1on[n+](-c2ccccc2)c1-c1c(F)c(F)c(F)c(F)c1F. The summed E-state index contributed by atoms with van der Waals surface area (Å²) in [5.41, 5.74) is -2.18. The Kier molecular flexibility index (Phi) is 3.47. The van der Waals surface area contributed by atoms with Gasteiger partial charge in [0.25, 0.3) is 5.69 Å². The van der Waals surface area contributed by atoms with Crippen LogP contribution in [0.2, 0.25) is 0 Å². The number of benzene rings is 2. The van der Waals surface area contributed by atoms with E-state index in [1.807, 2.05) is 0 Å². The molecular weight excluding hydrogens is 323 g/mol. The van der Waals surface area contributed by atoms with Crippen LogP contribution in [-0.4, -0.2) is 5.27 Å². The van der Waals surface area contributed by atoms with Crippen LogP contribution in [0.25, 0.3) is 16.9 Å². The molecule has 0 radical (unpaired) electrons. The molecule has 9 heteroatoms.